The molecule has 31 heavy (non-hydrogen) atoms. The Morgan fingerprint density at radius 2 is 2.03 bits per heavy atom. The van der Waals surface area contributed by atoms with E-state index in [1.54, 1.807) is 9.80 Å². The van der Waals surface area contributed by atoms with Crippen molar-refractivity contribution in [3.63, 3.8) is 0 Å². The third-order valence-electron chi connectivity index (χ3n) is 5.80. The minimum absolute atomic E-state index is 0.161. The van der Waals surface area contributed by atoms with Crippen molar-refractivity contribution in [2.45, 2.75) is 57.7 Å². The van der Waals surface area contributed by atoms with Crippen LogP contribution in [-0.4, -0.2) is 89.2 Å². The largest absolute Gasteiger partial charge is 0.467 e. The number of aryl methyl sites for hydroxylation is 1. The SMILES string of the molecule is CCO[C@@H]1CN(C(=O)N2CCC[C@H]2C(=O)OC)CC[C@@H]1NC(=O)c1nc(Cl)c(CC)[nH]1. The molecule has 0 unspecified atom stereocenters. The fourth-order valence-electron chi connectivity index (χ4n) is 4.16. The van der Waals surface area contributed by atoms with E-state index in [2.05, 4.69) is 15.3 Å². The molecule has 2 fully saturated rings. The van der Waals surface area contributed by atoms with E-state index in [9.17, 15) is 14.4 Å². The molecule has 0 aliphatic carbocycles. The highest BCUT2D eigenvalue weighted by atomic mass is 35.5. The third kappa shape index (κ3) is 5.12. The highest BCUT2D eigenvalue weighted by Gasteiger charge is 2.40. The van der Waals surface area contributed by atoms with Gasteiger partial charge in [0.05, 0.1) is 31.5 Å². The minimum atomic E-state index is -0.545. The van der Waals surface area contributed by atoms with Gasteiger partial charge in [-0.2, -0.15) is 0 Å². The molecule has 0 spiro atoms. The molecule has 0 radical (unpaired) electrons. The maximum absolute atomic E-state index is 13.1. The van der Waals surface area contributed by atoms with Crippen molar-refractivity contribution in [1.29, 1.82) is 0 Å². The Morgan fingerprint density at radius 3 is 2.68 bits per heavy atom. The molecule has 3 rings (SSSR count). The average molecular weight is 456 g/mol. The van der Waals surface area contributed by atoms with E-state index in [-0.39, 0.29) is 29.9 Å². The lowest BCUT2D eigenvalue weighted by Crippen LogP contribution is -2.59. The molecule has 1 aromatic heterocycles. The van der Waals surface area contributed by atoms with Crippen LogP contribution in [-0.2, 0) is 20.7 Å². The second-order valence-corrected chi connectivity index (χ2v) is 8.03. The van der Waals surface area contributed by atoms with Crippen molar-refractivity contribution in [3.05, 3.63) is 16.7 Å². The molecule has 2 aliphatic rings. The Balaban J connectivity index is 1.65. The second-order valence-electron chi connectivity index (χ2n) is 7.67. The molecular weight excluding hydrogens is 426 g/mol. The van der Waals surface area contributed by atoms with Gasteiger partial charge in [0.2, 0.25) is 0 Å². The summed E-state index contributed by atoms with van der Waals surface area (Å²) in [4.78, 5) is 48.0. The number of carbonyl (C=O) groups excluding carboxylic acids is 3. The summed E-state index contributed by atoms with van der Waals surface area (Å²) < 4.78 is 10.7. The van der Waals surface area contributed by atoms with Gasteiger partial charge in [-0.3, -0.25) is 4.79 Å². The van der Waals surface area contributed by atoms with Gasteiger partial charge < -0.3 is 29.6 Å². The summed E-state index contributed by atoms with van der Waals surface area (Å²) in [7, 11) is 1.33. The van der Waals surface area contributed by atoms with Gasteiger partial charge in [-0.05, 0) is 32.6 Å². The van der Waals surface area contributed by atoms with Crippen LogP contribution in [0.2, 0.25) is 5.15 Å². The Labute approximate surface area is 186 Å². The number of halogens is 1. The lowest BCUT2D eigenvalue weighted by molar-refractivity contribution is -0.145. The molecule has 1 aromatic rings. The van der Waals surface area contributed by atoms with Crippen LogP contribution in [0.3, 0.4) is 0 Å². The summed E-state index contributed by atoms with van der Waals surface area (Å²) in [6.45, 7) is 5.52. The monoisotopic (exact) mass is 455 g/mol. The number of rotatable bonds is 6. The minimum Gasteiger partial charge on any atom is -0.467 e. The molecule has 0 bridgehead atoms. The number of ether oxygens (including phenoxy) is 2. The smallest absolute Gasteiger partial charge is 0.328 e. The number of H-pyrrole nitrogens is 1. The van der Waals surface area contributed by atoms with Crippen molar-refractivity contribution >= 4 is 29.5 Å². The number of hydrogen-bond donors (Lipinski definition) is 2. The highest BCUT2D eigenvalue weighted by Crippen LogP contribution is 2.23. The average Bonchev–Trinajstić information content (AvgIpc) is 3.40. The normalized spacial score (nSPS) is 23.7. The lowest BCUT2D eigenvalue weighted by Gasteiger charge is -2.40. The van der Waals surface area contributed by atoms with E-state index in [1.165, 1.54) is 7.11 Å². The predicted molar refractivity (Wildman–Crippen MR) is 113 cm³/mol. The number of aromatic amines is 1. The van der Waals surface area contributed by atoms with Crippen LogP contribution in [0.15, 0.2) is 0 Å². The Kier molecular flexibility index (Phi) is 7.77. The van der Waals surface area contributed by atoms with Gasteiger partial charge in [0.25, 0.3) is 5.91 Å². The summed E-state index contributed by atoms with van der Waals surface area (Å²) in [6, 6.07) is -1.02. The van der Waals surface area contributed by atoms with Crippen LogP contribution < -0.4 is 5.32 Å². The van der Waals surface area contributed by atoms with Crippen molar-refractivity contribution in [2.75, 3.05) is 33.4 Å². The molecule has 172 valence electrons. The number of urea groups is 1. The third-order valence-corrected chi connectivity index (χ3v) is 6.11. The second kappa shape index (κ2) is 10.3. The molecule has 2 saturated heterocycles. The summed E-state index contributed by atoms with van der Waals surface area (Å²) in [5, 5.41) is 3.25. The summed E-state index contributed by atoms with van der Waals surface area (Å²) in [5.74, 6) is -0.590. The summed E-state index contributed by atoms with van der Waals surface area (Å²) >= 11 is 6.04. The molecule has 0 aromatic carbocycles. The standard InChI is InChI=1S/C20H30ClN5O5/c1-4-12-16(21)24-17(22-12)18(27)23-13-8-10-25(11-15(13)31-5-2)20(29)26-9-6-7-14(26)19(28)30-3/h13-15H,4-11H2,1-3H3,(H,22,24)(H,23,27)/t13-,14-,15+/m0/s1. The summed E-state index contributed by atoms with van der Waals surface area (Å²) in [6.07, 6.45) is 2.16. The van der Waals surface area contributed by atoms with E-state index < -0.39 is 12.0 Å². The Bertz CT molecular complexity index is 816. The van der Waals surface area contributed by atoms with Crippen LogP contribution in [0.4, 0.5) is 4.79 Å². The number of imidazole rings is 1. The first-order valence-corrected chi connectivity index (χ1v) is 11.1. The molecule has 0 saturated carbocycles. The van der Waals surface area contributed by atoms with Crippen molar-refractivity contribution < 1.29 is 23.9 Å². The van der Waals surface area contributed by atoms with Gasteiger partial charge in [-0.15, -0.1) is 0 Å². The summed E-state index contributed by atoms with van der Waals surface area (Å²) in [5.41, 5.74) is 0.708. The zero-order valence-electron chi connectivity index (χ0n) is 18.1. The maximum atomic E-state index is 13.1. The molecule has 3 heterocycles. The number of aromatic nitrogens is 2. The molecule has 2 N–H and O–H groups in total. The van der Waals surface area contributed by atoms with Gasteiger partial charge >= 0.3 is 12.0 Å². The predicted octanol–water partition coefficient (Wildman–Crippen LogP) is 1.59. The first-order valence-electron chi connectivity index (χ1n) is 10.7. The van der Waals surface area contributed by atoms with Gasteiger partial charge in [0.1, 0.15) is 6.04 Å². The fraction of sp³-hybridized carbons (Fsp3) is 0.700. The Hall–Kier alpha value is -2.33. The van der Waals surface area contributed by atoms with Crippen LogP contribution >= 0.6 is 11.6 Å². The van der Waals surface area contributed by atoms with Gasteiger partial charge in [-0.1, -0.05) is 18.5 Å². The molecule has 10 nitrogen and oxygen atoms in total. The first-order chi connectivity index (χ1) is 14.9. The van der Waals surface area contributed by atoms with Crippen LogP contribution in [0.1, 0.15) is 49.4 Å². The van der Waals surface area contributed by atoms with Crippen molar-refractivity contribution in [1.82, 2.24) is 25.1 Å². The van der Waals surface area contributed by atoms with Crippen molar-refractivity contribution in [2.24, 2.45) is 0 Å². The number of piperidine rings is 1. The van der Waals surface area contributed by atoms with Crippen LogP contribution in [0.5, 0.6) is 0 Å². The number of nitrogens with one attached hydrogen (secondary N) is 2. The zero-order chi connectivity index (χ0) is 22.5. The molecule has 3 amide bonds. The van der Waals surface area contributed by atoms with E-state index in [4.69, 9.17) is 21.1 Å². The molecule has 2 aliphatic heterocycles. The van der Waals surface area contributed by atoms with Crippen LogP contribution in [0.25, 0.3) is 0 Å². The maximum Gasteiger partial charge on any atom is 0.328 e. The number of likely N-dealkylation sites (tertiary alicyclic amines) is 2. The van der Waals surface area contributed by atoms with E-state index in [1.807, 2.05) is 13.8 Å². The number of hydrogen-bond acceptors (Lipinski definition) is 6. The van der Waals surface area contributed by atoms with E-state index >= 15 is 0 Å². The number of carbonyl (C=O) groups is 3. The lowest BCUT2D eigenvalue weighted by atomic mass is 10.0. The Morgan fingerprint density at radius 1 is 1.26 bits per heavy atom. The quantitative estimate of drug-likeness (QED) is 0.629. The number of amides is 3. The van der Waals surface area contributed by atoms with E-state index in [0.717, 1.165) is 6.42 Å². The van der Waals surface area contributed by atoms with Gasteiger partial charge in [-0.25, -0.2) is 14.6 Å². The van der Waals surface area contributed by atoms with E-state index in [0.29, 0.717) is 56.4 Å². The number of esters is 1. The molecule has 11 heteroatoms. The van der Waals surface area contributed by atoms with Crippen LogP contribution in [0, 0.1) is 0 Å². The fourth-order valence-corrected chi connectivity index (χ4v) is 4.43. The first kappa shape index (κ1) is 23.3. The van der Waals surface area contributed by atoms with Crippen molar-refractivity contribution in [3.8, 4) is 0 Å². The molecular formula is C20H30ClN5O5. The molecule has 3 atom stereocenters. The number of nitrogens with zero attached hydrogens (tertiary/aromatic N) is 3. The number of methoxy groups -OCH3 is 1. The van der Waals surface area contributed by atoms with Gasteiger partial charge in [0, 0.05) is 19.7 Å². The van der Waals surface area contributed by atoms with Gasteiger partial charge in [0.15, 0.2) is 11.0 Å². The zero-order valence-corrected chi connectivity index (χ0v) is 18.9. The highest BCUT2D eigenvalue weighted by molar-refractivity contribution is 6.30. The topological polar surface area (TPSA) is 117 Å².